The average molecular weight is 487 g/mol. The van der Waals surface area contributed by atoms with E-state index < -0.39 is 29.9 Å². The Morgan fingerprint density at radius 3 is 2.53 bits per heavy atom. The highest BCUT2D eigenvalue weighted by atomic mass is 35.5. The number of rotatable bonds is 4. The van der Waals surface area contributed by atoms with Gasteiger partial charge in [0.25, 0.3) is 0 Å². The van der Waals surface area contributed by atoms with Crippen LogP contribution in [0.4, 0.5) is 18.9 Å². The summed E-state index contributed by atoms with van der Waals surface area (Å²) in [5.74, 6) is -0.698. The minimum absolute atomic E-state index is 0.0394. The van der Waals surface area contributed by atoms with Gasteiger partial charge in [0.15, 0.2) is 5.65 Å². The lowest BCUT2D eigenvalue weighted by molar-refractivity contribution is -0.137. The van der Waals surface area contributed by atoms with Crippen LogP contribution in [0, 0.1) is 0 Å². The molecular formula is C22H14ClF3N6O2. The number of fused-ring (bicyclic) bond motifs is 3. The third kappa shape index (κ3) is 4.01. The van der Waals surface area contributed by atoms with E-state index in [4.69, 9.17) is 11.6 Å². The van der Waals surface area contributed by atoms with Crippen molar-refractivity contribution in [1.29, 1.82) is 0 Å². The summed E-state index contributed by atoms with van der Waals surface area (Å²) in [7, 11) is 0. The number of nitrogens with one attached hydrogen (secondary N) is 1. The van der Waals surface area contributed by atoms with E-state index in [0.717, 1.165) is 22.4 Å². The van der Waals surface area contributed by atoms with E-state index in [0.29, 0.717) is 16.2 Å². The molecule has 0 atom stereocenters. The highest BCUT2D eigenvalue weighted by molar-refractivity contribution is 6.30. The van der Waals surface area contributed by atoms with Crippen molar-refractivity contribution in [2.24, 2.45) is 0 Å². The summed E-state index contributed by atoms with van der Waals surface area (Å²) in [6.07, 6.45) is -1.49. The molecule has 8 nitrogen and oxygen atoms in total. The predicted octanol–water partition coefficient (Wildman–Crippen LogP) is 4.12. The molecule has 0 radical (unpaired) electrons. The lowest BCUT2D eigenvalue weighted by Gasteiger charge is -2.09. The molecule has 34 heavy (non-hydrogen) atoms. The second kappa shape index (κ2) is 8.03. The first-order chi connectivity index (χ1) is 16.2. The second-order valence-electron chi connectivity index (χ2n) is 7.42. The van der Waals surface area contributed by atoms with E-state index in [9.17, 15) is 22.8 Å². The van der Waals surface area contributed by atoms with Crippen LogP contribution in [-0.4, -0.2) is 29.7 Å². The number of hydrogen-bond donors (Lipinski definition) is 1. The topological polar surface area (TPSA) is 85.7 Å². The normalized spacial score (nSPS) is 11.9. The minimum Gasteiger partial charge on any atom is -0.324 e. The molecule has 12 heteroatoms. The Morgan fingerprint density at radius 1 is 1.03 bits per heavy atom. The molecule has 1 amide bonds. The van der Waals surface area contributed by atoms with Crippen molar-refractivity contribution in [2.45, 2.75) is 12.7 Å². The zero-order valence-corrected chi connectivity index (χ0v) is 17.9. The lowest BCUT2D eigenvalue weighted by atomic mass is 10.1. The summed E-state index contributed by atoms with van der Waals surface area (Å²) in [5.41, 5.74) is 0.736. The Kier molecular flexibility index (Phi) is 5.13. The highest BCUT2D eigenvalue weighted by Crippen LogP contribution is 2.30. The lowest BCUT2D eigenvalue weighted by Crippen LogP contribution is -2.28. The van der Waals surface area contributed by atoms with Crippen molar-refractivity contribution in [3.8, 4) is 11.3 Å². The summed E-state index contributed by atoms with van der Waals surface area (Å²) < 4.78 is 42.4. The number of amides is 1. The van der Waals surface area contributed by atoms with Gasteiger partial charge in [-0.05, 0) is 36.4 Å². The van der Waals surface area contributed by atoms with E-state index >= 15 is 0 Å². The van der Waals surface area contributed by atoms with Gasteiger partial charge in [-0.1, -0.05) is 29.8 Å². The summed E-state index contributed by atoms with van der Waals surface area (Å²) in [6.45, 7) is -0.485. The standard InChI is InChI=1S/C22H14ClF3N6O2/c23-15-6-4-13(5-7-15)17-11-18-20-29-32(21(34)30(20)8-9-31(18)28-17)12-19(33)27-16-3-1-2-14(10-16)22(24,25)26/h1-11H,12H2,(H,27,33). The average Bonchev–Trinajstić information content (AvgIpc) is 3.35. The number of benzene rings is 2. The van der Waals surface area contributed by atoms with Gasteiger partial charge in [-0.3, -0.25) is 4.79 Å². The van der Waals surface area contributed by atoms with Crippen LogP contribution in [0.2, 0.25) is 5.02 Å². The van der Waals surface area contributed by atoms with Gasteiger partial charge >= 0.3 is 11.9 Å². The van der Waals surface area contributed by atoms with Gasteiger partial charge in [0.1, 0.15) is 12.1 Å². The number of carbonyl (C=O) groups is 1. The van der Waals surface area contributed by atoms with Crippen molar-refractivity contribution in [1.82, 2.24) is 23.8 Å². The van der Waals surface area contributed by atoms with E-state index in [1.165, 1.54) is 22.7 Å². The number of carbonyl (C=O) groups excluding carboxylic acids is 1. The minimum atomic E-state index is -4.54. The Bertz CT molecular complexity index is 1600. The van der Waals surface area contributed by atoms with Gasteiger partial charge in [0.05, 0.1) is 11.3 Å². The van der Waals surface area contributed by atoms with Crippen LogP contribution in [-0.2, 0) is 17.5 Å². The fourth-order valence-corrected chi connectivity index (χ4v) is 3.63. The van der Waals surface area contributed by atoms with Gasteiger partial charge < -0.3 is 5.32 Å². The van der Waals surface area contributed by atoms with Crippen molar-refractivity contribution in [3.63, 3.8) is 0 Å². The zero-order chi connectivity index (χ0) is 24.0. The zero-order valence-electron chi connectivity index (χ0n) is 17.1. The molecule has 0 aliphatic carbocycles. The number of halogens is 4. The van der Waals surface area contributed by atoms with Crippen molar-refractivity contribution in [3.05, 3.63) is 88.1 Å². The molecule has 5 rings (SSSR count). The third-order valence-corrected chi connectivity index (χ3v) is 5.35. The van der Waals surface area contributed by atoms with Crippen LogP contribution in [0.3, 0.4) is 0 Å². The number of anilines is 1. The molecule has 0 aliphatic heterocycles. The summed E-state index contributed by atoms with van der Waals surface area (Å²) in [6, 6.07) is 13.1. The second-order valence-corrected chi connectivity index (χ2v) is 7.86. The molecule has 0 spiro atoms. The summed E-state index contributed by atoms with van der Waals surface area (Å²) >= 11 is 5.94. The van der Waals surface area contributed by atoms with Crippen LogP contribution in [0.1, 0.15) is 5.56 Å². The molecule has 0 fully saturated rings. The number of nitrogens with zero attached hydrogens (tertiary/aromatic N) is 5. The molecule has 3 heterocycles. The van der Waals surface area contributed by atoms with Crippen molar-refractivity contribution >= 4 is 34.4 Å². The van der Waals surface area contributed by atoms with Gasteiger partial charge in [0.2, 0.25) is 5.91 Å². The molecule has 2 aromatic carbocycles. The van der Waals surface area contributed by atoms with Crippen LogP contribution >= 0.6 is 11.6 Å². The molecule has 0 saturated carbocycles. The Balaban J connectivity index is 1.44. The summed E-state index contributed by atoms with van der Waals surface area (Å²) in [4.78, 5) is 25.2. The molecule has 0 bridgehead atoms. The van der Waals surface area contributed by atoms with Crippen LogP contribution < -0.4 is 11.0 Å². The van der Waals surface area contributed by atoms with Gasteiger partial charge in [-0.15, -0.1) is 5.10 Å². The highest BCUT2D eigenvalue weighted by Gasteiger charge is 2.30. The Morgan fingerprint density at radius 2 is 1.79 bits per heavy atom. The first-order valence-corrected chi connectivity index (χ1v) is 10.3. The molecular weight excluding hydrogens is 473 g/mol. The van der Waals surface area contributed by atoms with E-state index in [-0.39, 0.29) is 11.3 Å². The third-order valence-electron chi connectivity index (χ3n) is 5.10. The first kappa shape index (κ1) is 21.7. The predicted molar refractivity (Wildman–Crippen MR) is 119 cm³/mol. The maximum atomic E-state index is 12.9. The largest absolute Gasteiger partial charge is 0.416 e. The van der Waals surface area contributed by atoms with Crippen molar-refractivity contribution in [2.75, 3.05) is 5.32 Å². The molecule has 0 unspecified atom stereocenters. The molecule has 1 N–H and O–H groups in total. The van der Waals surface area contributed by atoms with E-state index in [1.54, 1.807) is 28.9 Å². The number of hydrogen-bond acceptors (Lipinski definition) is 4. The number of aromatic nitrogens is 5. The fraction of sp³-hybridized carbons (Fsp3) is 0.0909. The smallest absolute Gasteiger partial charge is 0.324 e. The molecule has 5 aromatic rings. The maximum absolute atomic E-state index is 12.9. The van der Waals surface area contributed by atoms with Crippen molar-refractivity contribution < 1.29 is 18.0 Å². The SMILES string of the molecule is O=C(Cn1nc2c3cc(-c4ccc(Cl)cc4)nn3ccn2c1=O)Nc1cccc(C(F)(F)F)c1. The van der Waals surface area contributed by atoms with Crippen LogP contribution in [0.25, 0.3) is 22.4 Å². The Hall–Kier alpha value is -4.12. The molecule has 3 aromatic heterocycles. The van der Waals surface area contributed by atoms with Gasteiger partial charge in [0, 0.05) is 28.7 Å². The monoisotopic (exact) mass is 486 g/mol. The first-order valence-electron chi connectivity index (χ1n) is 9.90. The van der Waals surface area contributed by atoms with Crippen LogP contribution in [0.15, 0.2) is 71.8 Å². The van der Waals surface area contributed by atoms with Gasteiger partial charge in [-0.2, -0.15) is 18.3 Å². The van der Waals surface area contributed by atoms with E-state index in [1.807, 2.05) is 12.1 Å². The maximum Gasteiger partial charge on any atom is 0.416 e. The fourth-order valence-electron chi connectivity index (χ4n) is 3.51. The Labute approximate surface area is 193 Å². The quantitative estimate of drug-likeness (QED) is 0.414. The molecule has 0 saturated heterocycles. The number of alkyl halides is 3. The van der Waals surface area contributed by atoms with Gasteiger partial charge in [-0.25, -0.2) is 18.4 Å². The van der Waals surface area contributed by atoms with Crippen LogP contribution in [0.5, 0.6) is 0 Å². The molecule has 172 valence electrons. The molecule has 0 aliphatic rings. The summed E-state index contributed by atoms with van der Waals surface area (Å²) in [5, 5.41) is 11.7. The van der Waals surface area contributed by atoms with E-state index in [2.05, 4.69) is 15.5 Å².